The first-order valence-corrected chi connectivity index (χ1v) is 9.88. The molecular weight excluding hydrogens is 372 g/mol. The molecular formula is C20H18N6OS. The molecule has 0 aliphatic carbocycles. The highest BCUT2D eigenvalue weighted by molar-refractivity contribution is 7.18. The molecule has 1 aliphatic heterocycles. The Labute approximate surface area is 165 Å². The second-order valence-electron chi connectivity index (χ2n) is 6.46. The van der Waals surface area contributed by atoms with E-state index in [0.717, 1.165) is 29.5 Å². The van der Waals surface area contributed by atoms with E-state index in [-0.39, 0.29) is 5.95 Å². The van der Waals surface area contributed by atoms with Gasteiger partial charge in [0.1, 0.15) is 0 Å². The number of aromatic nitrogens is 4. The summed E-state index contributed by atoms with van der Waals surface area (Å²) in [7, 11) is 0. The summed E-state index contributed by atoms with van der Waals surface area (Å²) in [5, 5.41) is 0. The van der Waals surface area contributed by atoms with Crippen LogP contribution in [0.4, 0.5) is 11.8 Å². The molecule has 0 atom stereocenters. The third-order valence-corrected chi connectivity index (χ3v) is 5.79. The first-order valence-electron chi connectivity index (χ1n) is 9.06. The number of hydrogen-bond donors (Lipinski definition) is 1. The fraction of sp³-hybridized carbons (Fsp3) is 0.200. The van der Waals surface area contributed by atoms with Crippen molar-refractivity contribution in [3.63, 3.8) is 0 Å². The lowest BCUT2D eigenvalue weighted by molar-refractivity contribution is 0.122. The Hall–Kier alpha value is -3.10. The summed E-state index contributed by atoms with van der Waals surface area (Å²) < 4.78 is 5.45. The first kappa shape index (κ1) is 17.0. The van der Waals surface area contributed by atoms with Gasteiger partial charge in [0.05, 0.1) is 30.0 Å². The second-order valence-corrected chi connectivity index (χ2v) is 7.55. The molecule has 1 fully saturated rings. The van der Waals surface area contributed by atoms with E-state index in [1.807, 2.05) is 18.2 Å². The quantitative estimate of drug-likeness (QED) is 0.574. The number of fused-ring (bicyclic) bond motifs is 1. The Morgan fingerprint density at radius 3 is 2.54 bits per heavy atom. The summed E-state index contributed by atoms with van der Waals surface area (Å²) in [6.45, 7) is 2.80. The van der Waals surface area contributed by atoms with E-state index in [1.165, 1.54) is 10.4 Å². The monoisotopic (exact) mass is 390 g/mol. The van der Waals surface area contributed by atoms with Gasteiger partial charge in [-0.15, -0.1) is 11.3 Å². The van der Waals surface area contributed by atoms with Gasteiger partial charge in [-0.1, -0.05) is 30.3 Å². The lowest BCUT2D eigenvalue weighted by Crippen LogP contribution is -2.37. The first-order chi connectivity index (χ1) is 13.8. The minimum absolute atomic E-state index is 0.207. The summed E-state index contributed by atoms with van der Waals surface area (Å²) in [6.07, 6.45) is 1.75. The van der Waals surface area contributed by atoms with E-state index in [1.54, 1.807) is 17.5 Å². The number of morpholine rings is 1. The largest absolute Gasteiger partial charge is 0.378 e. The lowest BCUT2D eigenvalue weighted by Gasteiger charge is -2.28. The van der Waals surface area contributed by atoms with Crippen molar-refractivity contribution in [2.75, 3.05) is 36.9 Å². The highest BCUT2D eigenvalue weighted by Gasteiger charge is 2.19. The number of anilines is 2. The Balaban J connectivity index is 1.58. The van der Waals surface area contributed by atoms with Crippen LogP contribution in [0.2, 0.25) is 0 Å². The summed E-state index contributed by atoms with van der Waals surface area (Å²) in [6, 6.07) is 14.5. The number of nitrogens with zero attached hydrogens (tertiary/aromatic N) is 5. The van der Waals surface area contributed by atoms with Gasteiger partial charge < -0.3 is 15.4 Å². The highest BCUT2D eigenvalue weighted by Crippen LogP contribution is 2.34. The summed E-state index contributed by atoms with van der Waals surface area (Å²) in [5.41, 5.74) is 9.08. The fourth-order valence-corrected chi connectivity index (χ4v) is 4.22. The van der Waals surface area contributed by atoms with Crippen molar-refractivity contribution in [1.29, 1.82) is 0 Å². The van der Waals surface area contributed by atoms with Gasteiger partial charge in [0.2, 0.25) is 5.95 Å². The molecule has 140 valence electrons. The number of ether oxygens (including phenoxy) is 1. The molecule has 0 saturated carbocycles. The molecule has 0 radical (unpaired) electrons. The normalized spacial score (nSPS) is 14.5. The third kappa shape index (κ3) is 3.17. The van der Waals surface area contributed by atoms with E-state index in [9.17, 15) is 0 Å². The van der Waals surface area contributed by atoms with Gasteiger partial charge in [0.15, 0.2) is 17.0 Å². The molecule has 0 amide bonds. The molecule has 0 bridgehead atoms. The van der Waals surface area contributed by atoms with Crippen molar-refractivity contribution >= 4 is 34.3 Å². The van der Waals surface area contributed by atoms with Crippen LogP contribution < -0.4 is 10.6 Å². The van der Waals surface area contributed by atoms with Crippen LogP contribution in [0.15, 0.2) is 48.7 Å². The van der Waals surface area contributed by atoms with Crippen LogP contribution in [-0.4, -0.2) is 46.2 Å². The minimum atomic E-state index is 0.207. The van der Waals surface area contributed by atoms with Crippen LogP contribution in [0.1, 0.15) is 0 Å². The molecule has 1 aromatic carbocycles. The van der Waals surface area contributed by atoms with Crippen LogP contribution in [0, 0.1) is 0 Å². The second kappa shape index (κ2) is 7.14. The molecule has 28 heavy (non-hydrogen) atoms. The third-order valence-electron chi connectivity index (χ3n) is 4.63. The zero-order valence-corrected chi connectivity index (χ0v) is 15.9. The number of nitrogens with two attached hydrogens (primary N) is 1. The Bertz CT molecular complexity index is 1120. The Morgan fingerprint density at radius 1 is 0.929 bits per heavy atom. The topological polar surface area (TPSA) is 90.0 Å². The van der Waals surface area contributed by atoms with Crippen molar-refractivity contribution in [1.82, 2.24) is 19.9 Å². The smallest absolute Gasteiger partial charge is 0.224 e. The summed E-state index contributed by atoms with van der Waals surface area (Å²) in [5.74, 6) is 0.929. The van der Waals surface area contributed by atoms with Crippen molar-refractivity contribution in [3.05, 3.63) is 48.7 Å². The fourth-order valence-electron chi connectivity index (χ4n) is 3.26. The maximum absolute atomic E-state index is 5.90. The lowest BCUT2D eigenvalue weighted by atomic mass is 10.2. The number of hydrogen-bond acceptors (Lipinski definition) is 8. The van der Waals surface area contributed by atoms with Gasteiger partial charge in [-0.25, -0.2) is 9.97 Å². The maximum Gasteiger partial charge on any atom is 0.224 e. The van der Waals surface area contributed by atoms with Gasteiger partial charge in [0.25, 0.3) is 0 Å². The van der Waals surface area contributed by atoms with Crippen LogP contribution in [-0.2, 0) is 4.74 Å². The van der Waals surface area contributed by atoms with Crippen molar-refractivity contribution in [2.24, 2.45) is 0 Å². The van der Waals surface area contributed by atoms with Gasteiger partial charge in [0, 0.05) is 18.0 Å². The van der Waals surface area contributed by atoms with Gasteiger partial charge >= 0.3 is 0 Å². The van der Waals surface area contributed by atoms with Crippen molar-refractivity contribution in [2.45, 2.75) is 0 Å². The predicted octanol–water partition coefficient (Wildman–Crippen LogP) is 3.23. The predicted molar refractivity (Wildman–Crippen MR) is 111 cm³/mol. The van der Waals surface area contributed by atoms with Gasteiger partial charge in [-0.2, -0.15) is 9.97 Å². The maximum atomic E-state index is 5.90. The molecule has 0 spiro atoms. The van der Waals surface area contributed by atoms with Gasteiger partial charge in [-0.05, 0) is 17.7 Å². The number of thiophene rings is 1. The molecule has 1 aliphatic rings. The minimum Gasteiger partial charge on any atom is -0.378 e. The molecule has 4 aromatic rings. The van der Waals surface area contributed by atoms with Crippen LogP contribution in [0.3, 0.4) is 0 Å². The van der Waals surface area contributed by atoms with Crippen molar-refractivity contribution < 1.29 is 4.74 Å². The van der Waals surface area contributed by atoms with E-state index >= 15 is 0 Å². The zero-order chi connectivity index (χ0) is 18.9. The molecule has 7 nitrogen and oxygen atoms in total. The Kier molecular flexibility index (Phi) is 4.34. The molecule has 1 saturated heterocycles. The molecule has 3 aromatic heterocycles. The molecule has 5 rings (SSSR count). The molecule has 4 heterocycles. The number of nitrogen functional groups attached to an aromatic ring is 1. The molecule has 8 heteroatoms. The van der Waals surface area contributed by atoms with E-state index in [2.05, 4.69) is 44.1 Å². The average Bonchev–Trinajstić information content (AvgIpc) is 3.24. The summed E-state index contributed by atoms with van der Waals surface area (Å²) >= 11 is 1.69. The van der Waals surface area contributed by atoms with Crippen LogP contribution in [0.5, 0.6) is 0 Å². The van der Waals surface area contributed by atoms with Crippen LogP contribution >= 0.6 is 11.3 Å². The average molecular weight is 390 g/mol. The number of rotatable bonds is 3. The molecule has 2 N–H and O–H groups in total. The van der Waals surface area contributed by atoms with Crippen molar-refractivity contribution in [3.8, 4) is 21.0 Å². The van der Waals surface area contributed by atoms with Crippen LogP contribution in [0.25, 0.3) is 32.2 Å². The Morgan fingerprint density at radius 2 is 1.71 bits per heavy atom. The molecule has 0 unspecified atom stereocenters. The summed E-state index contributed by atoms with van der Waals surface area (Å²) in [4.78, 5) is 22.5. The SMILES string of the molecule is Nc1nc(N2CCOCC2)c2nc(-c3ccc(-c4ccccc4)s3)cnc2n1. The van der Waals surface area contributed by atoms with E-state index in [4.69, 9.17) is 15.5 Å². The number of benzene rings is 1. The highest BCUT2D eigenvalue weighted by atomic mass is 32.1. The van der Waals surface area contributed by atoms with E-state index < -0.39 is 0 Å². The zero-order valence-electron chi connectivity index (χ0n) is 15.1. The standard InChI is InChI=1S/C20H18N6OS/c21-20-24-18-17(19(25-20)26-8-10-27-11-9-26)23-14(12-22-18)16-7-6-15(28-16)13-4-2-1-3-5-13/h1-7,12H,8-11H2,(H2,21,22,24,25). The van der Waals surface area contributed by atoms with Gasteiger partial charge in [-0.3, -0.25) is 0 Å². The van der Waals surface area contributed by atoms with E-state index in [0.29, 0.717) is 24.4 Å².